The highest BCUT2D eigenvalue weighted by atomic mass is 32.2. The molecule has 0 bridgehead atoms. The lowest BCUT2D eigenvalue weighted by atomic mass is 10.4. The zero-order valence-electron chi connectivity index (χ0n) is 11.2. The molecule has 2 aromatic rings. The Hall–Kier alpha value is -1.29. The third-order valence-corrected chi connectivity index (χ3v) is 5.25. The zero-order chi connectivity index (χ0) is 14.8. The second-order valence-corrected chi connectivity index (χ2v) is 6.91. The first-order chi connectivity index (χ1) is 9.45. The van der Waals surface area contributed by atoms with E-state index in [2.05, 4.69) is 14.8 Å². The van der Waals surface area contributed by atoms with E-state index in [-0.39, 0.29) is 24.6 Å². The summed E-state index contributed by atoms with van der Waals surface area (Å²) in [6, 6.07) is 0. The molecule has 0 aliphatic carbocycles. The van der Waals surface area contributed by atoms with Gasteiger partial charge < -0.3 is 5.11 Å². The monoisotopic (exact) mass is 316 g/mol. The third kappa shape index (κ3) is 3.06. The third-order valence-electron chi connectivity index (χ3n) is 2.82. The molecule has 0 radical (unpaired) electrons. The molecule has 0 spiro atoms. The summed E-state index contributed by atoms with van der Waals surface area (Å²) in [4.78, 5) is 4.91. The molecule has 20 heavy (non-hydrogen) atoms. The Morgan fingerprint density at radius 1 is 1.45 bits per heavy atom. The van der Waals surface area contributed by atoms with Gasteiger partial charge in [0.05, 0.1) is 30.1 Å². The van der Waals surface area contributed by atoms with Crippen molar-refractivity contribution in [3.05, 3.63) is 28.0 Å². The van der Waals surface area contributed by atoms with Crippen LogP contribution in [0.1, 0.15) is 16.3 Å². The second-order valence-electron chi connectivity index (χ2n) is 4.24. The maximum absolute atomic E-state index is 12.3. The number of thiazole rings is 1. The predicted octanol–water partition coefficient (Wildman–Crippen LogP) is 0.427. The fourth-order valence-corrected chi connectivity index (χ4v) is 3.99. The minimum atomic E-state index is -3.63. The van der Waals surface area contributed by atoms with E-state index in [0.29, 0.717) is 11.4 Å². The summed E-state index contributed by atoms with van der Waals surface area (Å²) in [5.74, 6) is 0. The lowest BCUT2D eigenvalue weighted by Crippen LogP contribution is -2.24. The van der Waals surface area contributed by atoms with Crippen LogP contribution in [-0.2, 0) is 23.1 Å². The number of sulfonamides is 1. The van der Waals surface area contributed by atoms with E-state index in [1.54, 1.807) is 25.6 Å². The van der Waals surface area contributed by atoms with Crippen molar-refractivity contribution in [3.8, 4) is 0 Å². The normalized spacial score (nSPS) is 11.9. The summed E-state index contributed by atoms with van der Waals surface area (Å²) in [6.07, 6.45) is 1.63. The molecule has 2 rings (SSSR count). The van der Waals surface area contributed by atoms with Crippen LogP contribution in [0.25, 0.3) is 0 Å². The molecule has 0 aliphatic heterocycles. The number of aryl methyl sites for hydroxylation is 1. The van der Waals surface area contributed by atoms with Crippen molar-refractivity contribution in [2.45, 2.75) is 31.8 Å². The smallest absolute Gasteiger partial charge is 0.244 e. The summed E-state index contributed by atoms with van der Waals surface area (Å²) >= 11 is 1.39. The van der Waals surface area contributed by atoms with Crippen molar-refractivity contribution in [1.29, 1.82) is 0 Å². The number of aliphatic hydroxyl groups is 1. The minimum absolute atomic E-state index is 0.0876. The summed E-state index contributed by atoms with van der Waals surface area (Å²) < 4.78 is 28.7. The van der Waals surface area contributed by atoms with Gasteiger partial charge >= 0.3 is 0 Å². The number of aliphatic hydroxyl groups excluding tert-OH is 1. The molecule has 0 saturated carbocycles. The molecule has 0 atom stereocenters. The van der Waals surface area contributed by atoms with Crippen LogP contribution in [0.3, 0.4) is 0 Å². The molecule has 0 aliphatic rings. The Labute approximate surface area is 121 Å². The van der Waals surface area contributed by atoms with E-state index in [1.165, 1.54) is 16.0 Å². The molecule has 0 saturated heterocycles. The van der Waals surface area contributed by atoms with Gasteiger partial charge in [0.15, 0.2) is 0 Å². The van der Waals surface area contributed by atoms with E-state index in [4.69, 9.17) is 5.11 Å². The highest BCUT2D eigenvalue weighted by Gasteiger charge is 2.24. The zero-order valence-corrected chi connectivity index (χ0v) is 12.8. The van der Waals surface area contributed by atoms with Gasteiger partial charge in [-0.25, -0.2) is 13.1 Å². The molecule has 2 N–H and O–H groups in total. The second kappa shape index (κ2) is 6.00. The van der Waals surface area contributed by atoms with Gasteiger partial charge in [-0.3, -0.25) is 9.67 Å². The molecule has 110 valence electrons. The van der Waals surface area contributed by atoms with E-state index >= 15 is 0 Å². The largest absolute Gasteiger partial charge is 0.394 e. The Bertz CT molecular complexity index is 677. The van der Waals surface area contributed by atoms with E-state index in [0.717, 1.165) is 4.88 Å². The molecule has 7 nitrogen and oxygen atoms in total. The van der Waals surface area contributed by atoms with Gasteiger partial charge in [0, 0.05) is 17.6 Å². The van der Waals surface area contributed by atoms with Gasteiger partial charge in [-0.1, -0.05) is 0 Å². The van der Waals surface area contributed by atoms with Crippen molar-refractivity contribution in [3.63, 3.8) is 0 Å². The SMILES string of the molecule is Cc1nn(CCO)c(C)c1S(=O)(=O)NCc1cncs1. The molecule has 0 aromatic carbocycles. The number of rotatable bonds is 6. The maximum atomic E-state index is 12.3. The molecule has 0 fully saturated rings. The molecule has 2 aromatic heterocycles. The number of hydrogen-bond donors (Lipinski definition) is 2. The summed E-state index contributed by atoms with van der Waals surface area (Å²) in [7, 11) is -3.63. The standard InChI is InChI=1S/C11H16N4O3S2/c1-8-11(9(2)15(14-8)3-4-16)20(17,18)13-6-10-5-12-7-19-10/h5,7,13,16H,3-4,6H2,1-2H3. The van der Waals surface area contributed by atoms with Crippen LogP contribution < -0.4 is 4.72 Å². The van der Waals surface area contributed by atoms with Crippen LogP contribution in [-0.4, -0.2) is 34.9 Å². The van der Waals surface area contributed by atoms with Gasteiger partial charge in [0.25, 0.3) is 0 Å². The topological polar surface area (TPSA) is 97.1 Å². The maximum Gasteiger partial charge on any atom is 0.244 e. The van der Waals surface area contributed by atoms with Crippen LogP contribution in [0, 0.1) is 13.8 Å². The summed E-state index contributed by atoms with van der Waals surface area (Å²) in [6.45, 7) is 3.71. The Morgan fingerprint density at radius 2 is 2.20 bits per heavy atom. The highest BCUT2D eigenvalue weighted by molar-refractivity contribution is 7.89. The lowest BCUT2D eigenvalue weighted by molar-refractivity contribution is 0.267. The van der Waals surface area contributed by atoms with Crippen molar-refractivity contribution < 1.29 is 13.5 Å². The van der Waals surface area contributed by atoms with Gasteiger partial charge in [0.1, 0.15) is 4.90 Å². The molecular weight excluding hydrogens is 300 g/mol. The van der Waals surface area contributed by atoms with Gasteiger partial charge in [-0.15, -0.1) is 11.3 Å². The van der Waals surface area contributed by atoms with Crippen LogP contribution in [0.4, 0.5) is 0 Å². The average Bonchev–Trinajstić information content (AvgIpc) is 2.97. The first-order valence-electron chi connectivity index (χ1n) is 5.97. The van der Waals surface area contributed by atoms with Crippen molar-refractivity contribution in [1.82, 2.24) is 19.5 Å². The molecule has 0 unspecified atom stereocenters. The van der Waals surface area contributed by atoms with Crippen molar-refractivity contribution in [2.75, 3.05) is 6.61 Å². The van der Waals surface area contributed by atoms with Crippen molar-refractivity contribution in [2.24, 2.45) is 0 Å². The summed E-state index contributed by atoms with van der Waals surface area (Å²) in [5, 5.41) is 13.1. The molecule has 9 heteroatoms. The first-order valence-corrected chi connectivity index (χ1v) is 8.34. The number of nitrogens with one attached hydrogen (secondary N) is 1. The predicted molar refractivity (Wildman–Crippen MR) is 74.9 cm³/mol. The lowest BCUT2D eigenvalue weighted by Gasteiger charge is -2.06. The van der Waals surface area contributed by atoms with Crippen LogP contribution >= 0.6 is 11.3 Å². The summed E-state index contributed by atoms with van der Waals surface area (Å²) in [5.41, 5.74) is 2.60. The van der Waals surface area contributed by atoms with E-state index < -0.39 is 10.0 Å². The van der Waals surface area contributed by atoms with Crippen LogP contribution in [0.15, 0.2) is 16.6 Å². The van der Waals surface area contributed by atoms with Crippen LogP contribution in [0.5, 0.6) is 0 Å². The molecule has 0 amide bonds. The van der Waals surface area contributed by atoms with Gasteiger partial charge in [-0.2, -0.15) is 5.10 Å². The minimum Gasteiger partial charge on any atom is -0.394 e. The first kappa shape index (κ1) is 15.1. The molecular formula is C11H16N4O3S2. The molecule has 2 heterocycles. The number of aromatic nitrogens is 3. The Morgan fingerprint density at radius 3 is 2.80 bits per heavy atom. The Balaban J connectivity index is 2.25. The Kier molecular flexibility index (Phi) is 4.53. The highest BCUT2D eigenvalue weighted by Crippen LogP contribution is 2.19. The van der Waals surface area contributed by atoms with Crippen molar-refractivity contribution >= 4 is 21.4 Å². The van der Waals surface area contributed by atoms with Crippen LogP contribution in [0.2, 0.25) is 0 Å². The van der Waals surface area contributed by atoms with Gasteiger partial charge in [-0.05, 0) is 13.8 Å². The fourth-order valence-electron chi connectivity index (χ4n) is 1.95. The van der Waals surface area contributed by atoms with E-state index in [1.807, 2.05) is 0 Å². The number of nitrogens with zero attached hydrogens (tertiary/aromatic N) is 3. The fraction of sp³-hybridized carbons (Fsp3) is 0.455. The van der Waals surface area contributed by atoms with E-state index in [9.17, 15) is 8.42 Å². The number of hydrogen-bond acceptors (Lipinski definition) is 6. The van der Waals surface area contributed by atoms with Gasteiger partial charge in [0.2, 0.25) is 10.0 Å². The quantitative estimate of drug-likeness (QED) is 0.805. The average molecular weight is 316 g/mol.